The fraction of sp³-hybridized carbons (Fsp3) is 0.278. The molecule has 1 saturated carbocycles. The molecule has 0 amide bonds. The second-order valence-corrected chi connectivity index (χ2v) is 5.89. The first-order chi connectivity index (χ1) is 10.2. The second-order valence-electron chi connectivity index (χ2n) is 5.89. The van der Waals surface area contributed by atoms with Gasteiger partial charge in [0, 0.05) is 19.1 Å². The van der Waals surface area contributed by atoms with Crippen molar-refractivity contribution in [1.82, 2.24) is 0 Å². The molecule has 0 unspecified atom stereocenters. The molecule has 2 aromatic rings. The standard InChI is InChI=1S/C18H15NO2/c20-16-6-3-7-17(21)18(16)10-14-13-5-2-1-4-12(13)8-9-15(14)19-11-18/h1-2,4-5,8-9,11H,3,6-7,10H2. The molecule has 1 heterocycles. The van der Waals surface area contributed by atoms with Crippen LogP contribution in [0.2, 0.25) is 0 Å². The van der Waals surface area contributed by atoms with E-state index in [-0.39, 0.29) is 11.6 Å². The van der Waals surface area contributed by atoms with Crippen molar-refractivity contribution in [1.29, 1.82) is 0 Å². The molecule has 3 heteroatoms. The Morgan fingerprint density at radius 2 is 1.71 bits per heavy atom. The highest BCUT2D eigenvalue weighted by Crippen LogP contribution is 2.41. The van der Waals surface area contributed by atoms with Crippen molar-refractivity contribution in [3.05, 3.63) is 42.0 Å². The van der Waals surface area contributed by atoms with Crippen LogP contribution in [0.15, 0.2) is 41.4 Å². The average molecular weight is 277 g/mol. The first-order valence-corrected chi connectivity index (χ1v) is 7.33. The highest BCUT2D eigenvalue weighted by atomic mass is 16.2. The zero-order valence-electron chi connectivity index (χ0n) is 11.6. The molecular formula is C18H15NO2. The lowest BCUT2D eigenvalue weighted by molar-refractivity contribution is -0.138. The fourth-order valence-electron chi connectivity index (χ4n) is 3.49. The largest absolute Gasteiger partial charge is 0.298 e. The van der Waals surface area contributed by atoms with Gasteiger partial charge in [-0.1, -0.05) is 30.3 Å². The van der Waals surface area contributed by atoms with Crippen molar-refractivity contribution in [2.75, 3.05) is 0 Å². The Morgan fingerprint density at radius 1 is 0.952 bits per heavy atom. The molecule has 0 N–H and O–H groups in total. The topological polar surface area (TPSA) is 46.5 Å². The molecule has 2 aromatic carbocycles. The van der Waals surface area contributed by atoms with E-state index in [9.17, 15) is 9.59 Å². The van der Waals surface area contributed by atoms with Crippen LogP contribution in [0.1, 0.15) is 24.8 Å². The number of ketones is 2. The Hall–Kier alpha value is -2.29. The number of benzene rings is 2. The molecule has 0 radical (unpaired) electrons. The lowest BCUT2D eigenvalue weighted by Gasteiger charge is -2.34. The van der Waals surface area contributed by atoms with Gasteiger partial charge in [-0.15, -0.1) is 0 Å². The number of carbonyl (C=O) groups is 2. The highest BCUT2D eigenvalue weighted by molar-refractivity contribution is 6.22. The summed E-state index contributed by atoms with van der Waals surface area (Å²) in [4.78, 5) is 29.3. The molecule has 0 aromatic heterocycles. The maximum absolute atomic E-state index is 12.4. The Labute approximate surface area is 122 Å². The number of nitrogens with zero attached hydrogens (tertiary/aromatic N) is 1. The quantitative estimate of drug-likeness (QED) is 0.693. The van der Waals surface area contributed by atoms with E-state index in [0.29, 0.717) is 25.7 Å². The van der Waals surface area contributed by atoms with Gasteiger partial charge in [0.1, 0.15) is 5.41 Å². The minimum Gasteiger partial charge on any atom is -0.298 e. The van der Waals surface area contributed by atoms with Crippen LogP contribution in [0.4, 0.5) is 5.69 Å². The van der Waals surface area contributed by atoms with E-state index >= 15 is 0 Å². The van der Waals surface area contributed by atoms with Crippen molar-refractivity contribution in [2.45, 2.75) is 25.7 Å². The second kappa shape index (κ2) is 4.35. The third kappa shape index (κ3) is 1.70. The van der Waals surface area contributed by atoms with Crippen LogP contribution in [-0.4, -0.2) is 17.8 Å². The van der Waals surface area contributed by atoms with Gasteiger partial charge in [0.05, 0.1) is 5.69 Å². The Balaban J connectivity index is 1.93. The fourth-order valence-corrected chi connectivity index (χ4v) is 3.49. The van der Waals surface area contributed by atoms with Gasteiger partial charge in [-0.25, -0.2) is 0 Å². The minimum absolute atomic E-state index is 0.0288. The molecule has 1 aliphatic heterocycles. The first kappa shape index (κ1) is 12.5. The Bertz CT molecular complexity index is 788. The molecule has 0 atom stereocenters. The van der Waals surface area contributed by atoms with E-state index in [2.05, 4.69) is 4.99 Å². The highest BCUT2D eigenvalue weighted by Gasteiger charge is 2.47. The maximum Gasteiger partial charge on any atom is 0.152 e. The molecule has 104 valence electrons. The summed E-state index contributed by atoms with van der Waals surface area (Å²) in [7, 11) is 0. The summed E-state index contributed by atoms with van der Waals surface area (Å²) in [5.41, 5.74) is 0.903. The van der Waals surface area contributed by atoms with Crippen molar-refractivity contribution in [2.24, 2.45) is 10.4 Å². The van der Waals surface area contributed by atoms with Crippen molar-refractivity contribution in [3.63, 3.8) is 0 Å². The van der Waals surface area contributed by atoms with Gasteiger partial charge in [0.25, 0.3) is 0 Å². The van der Waals surface area contributed by atoms with E-state index < -0.39 is 5.41 Å². The van der Waals surface area contributed by atoms with Crippen LogP contribution in [0, 0.1) is 5.41 Å². The number of hydrogen-bond acceptors (Lipinski definition) is 3. The van der Waals surface area contributed by atoms with E-state index in [4.69, 9.17) is 0 Å². The minimum atomic E-state index is -1.00. The van der Waals surface area contributed by atoms with Crippen LogP contribution < -0.4 is 0 Å². The molecule has 0 saturated heterocycles. The van der Waals surface area contributed by atoms with Crippen molar-refractivity contribution < 1.29 is 9.59 Å². The van der Waals surface area contributed by atoms with E-state index in [1.54, 1.807) is 6.21 Å². The molecule has 1 aliphatic carbocycles. The number of aliphatic imine (C=N–C) groups is 1. The molecule has 21 heavy (non-hydrogen) atoms. The molecule has 1 fully saturated rings. The third-order valence-corrected chi connectivity index (χ3v) is 4.70. The van der Waals surface area contributed by atoms with E-state index in [1.165, 1.54) is 0 Å². The summed E-state index contributed by atoms with van der Waals surface area (Å²) in [5, 5.41) is 2.22. The maximum atomic E-state index is 12.4. The molecular weight excluding hydrogens is 262 g/mol. The summed E-state index contributed by atoms with van der Waals surface area (Å²) in [5.74, 6) is 0.0576. The summed E-state index contributed by atoms with van der Waals surface area (Å²) >= 11 is 0. The zero-order chi connectivity index (χ0) is 14.4. The normalized spacial score (nSPS) is 20.0. The van der Waals surface area contributed by atoms with Gasteiger partial charge in [-0.2, -0.15) is 0 Å². The summed E-state index contributed by atoms with van der Waals surface area (Å²) in [6, 6.07) is 12.1. The van der Waals surface area contributed by atoms with Gasteiger partial charge in [0.15, 0.2) is 11.6 Å². The van der Waals surface area contributed by atoms with Crippen molar-refractivity contribution in [3.8, 4) is 0 Å². The predicted molar refractivity (Wildman–Crippen MR) is 82.1 cm³/mol. The van der Waals surface area contributed by atoms with Crippen molar-refractivity contribution >= 4 is 34.2 Å². The SMILES string of the molecule is O=C1CCCC(=O)C12C=Nc1ccc3ccccc3c1C2. The summed E-state index contributed by atoms with van der Waals surface area (Å²) in [6.07, 6.45) is 3.71. The molecule has 3 nitrogen and oxygen atoms in total. The third-order valence-electron chi connectivity index (χ3n) is 4.70. The van der Waals surface area contributed by atoms with Gasteiger partial charge < -0.3 is 0 Å². The number of rotatable bonds is 0. The number of carbonyl (C=O) groups excluding carboxylic acids is 2. The molecule has 4 rings (SSSR count). The predicted octanol–water partition coefficient (Wildman–Crippen LogP) is 3.41. The van der Waals surface area contributed by atoms with Gasteiger partial charge >= 0.3 is 0 Å². The average Bonchev–Trinajstić information content (AvgIpc) is 2.52. The van der Waals surface area contributed by atoms with Gasteiger partial charge in [0.2, 0.25) is 0 Å². The Kier molecular flexibility index (Phi) is 2.58. The lowest BCUT2D eigenvalue weighted by atomic mass is 9.67. The van der Waals surface area contributed by atoms with Crippen LogP contribution in [-0.2, 0) is 16.0 Å². The van der Waals surface area contributed by atoms with Crippen LogP contribution in [0.25, 0.3) is 10.8 Å². The number of hydrogen-bond donors (Lipinski definition) is 0. The van der Waals surface area contributed by atoms with Crippen LogP contribution in [0.3, 0.4) is 0 Å². The molecule has 2 aliphatic rings. The monoisotopic (exact) mass is 277 g/mol. The number of Topliss-reactive ketones (excluding diaryl/α,β-unsaturated/α-hetero) is 2. The van der Waals surface area contributed by atoms with Crippen LogP contribution >= 0.6 is 0 Å². The molecule has 1 spiro atoms. The van der Waals surface area contributed by atoms with E-state index in [0.717, 1.165) is 22.0 Å². The smallest absolute Gasteiger partial charge is 0.152 e. The first-order valence-electron chi connectivity index (χ1n) is 7.33. The number of fused-ring (bicyclic) bond motifs is 3. The van der Waals surface area contributed by atoms with E-state index in [1.807, 2.05) is 36.4 Å². The van der Waals surface area contributed by atoms with Gasteiger partial charge in [-0.05, 0) is 35.2 Å². The summed E-state index contributed by atoms with van der Waals surface area (Å²) in [6.45, 7) is 0. The zero-order valence-corrected chi connectivity index (χ0v) is 11.6. The Morgan fingerprint density at radius 3 is 2.52 bits per heavy atom. The van der Waals surface area contributed by atoms with Crippen LogP contribution in [0.5, 0.6) is 0 Å². The summed E-state index contributed by atoms with van der Waals surface area (Å²) < 4.78 is 0. The van der Waals surface area contributed by atoms with Gasteiger partial charge in [-0.3, -0.25) is 14.6 Å². The molecule has 0 bridgehead atoms. The lowest BCUT2D eigenvalue weighted by Crippen LogP contribution is -2.46.